The van der Waals surface area contributed by atoms with Gasteiger partial charge in [-0.2, -0.15) is 0 Å². The second-order valence-corrected chi connectivity index (χ2v) is 6.17. The maximum absolute atomic E-state index is 12.0. The van der Waals surface area contributed by atoms with Gasteiger partial charge in [-0.1, -0.05) is 29.7 Å². The molecule has 0 unspecified atom stereocenters. The second kappa shape index (κ2) is 13.6. The maximum Gasteiger partial charge on any atom is 0.305 e. The molecular weight excluding hydrogens is 346 g/mol. The second-order valence-electron chi connectivity index (χ2n) is 6.17. The molecule has 3 N–H and O–H groups in total. The van der Waals surface area contributed by atoms with E-state index in [4.69, 9.17) is 16.0 Å². The van der Waals surface area contributed by atoms with Crippen LogP contribution in [0, 0.1) is 0 Å². The first-order valence-corrected chi connectivity index (χ1v) is 9.34. The standard InChI is InChI=1S/C19H29N5O3/c1-2-27-19(26)7-5-3-4-6-18(25)22-13-16-9-8-15(10-11-20)12-17(16)14-23-24-21/h8-9,12H,2-7,10-11,13-14,20H2,1H3,(H,22,25). The molecule has 0 bridgehead atoms. The van der Waals surface area contributed by atoms with E-state index in [1.165, 1.54) is 0 Å². The smallest absolute Gasteiger partial charge is 0.305 e. The van der Waals surface area contributed by atoms with E-state index in [9.17, 15) is 9.59 Å². The van der Waals surface area contributed by atoms with Gasteiger partial charge in [0.25, 0.3) is 0 Å². The first kappa shape index (κ1) is 22.5. The molecule has 27 heavy (non-hydrogen) atoms. The van der Waals surface area contributed by atoms with E-state index in [2.05, 4.69) is 15.3 Å². The van der Waals surface area contributed by atoms with Crippen molar-refractivity contribution in [2.24, 2.45) is 10.8 Å². The van der Waals surface area contributed by atoms with Gasteiger partial charge in [0.15, 0.2) is 0 Å². The number of unbranched alkanes of at least 4 members (excludes halogenated alkanes) is 2. The summed E-state index contributed by atoms with van der Waals surface area (Å²) in [5, 5.41) is 6.52. The fraction of sp³-hybridized carbons (Fsp3) is 0.579. The van der Waals surface area contributed by atoms with Gasteiger partial charge in [-0.3, -0.25) is 9.59 Å². The molecule has 0 fully saturated rings. The molecule has 0 spiro atoms. The minimum Gasteiger partial charge on any atom is -0.466 e. The van der Waals surface area contributed by atoms with Crippen molar-refractivity contribution in [3.8, 4) is 0 Å². The Morgan fingerprint density at radius 2 is 2.00 bits per heavy atom. The Morgan fingerprint density at radius 1 is 1.22 bits per heavy atom. The quantitative estimate of drug-likeness (QED) is 0.180. The van der Waals surface area contributed by atoms with Crippen LogP contribution in [0.2, 0.25) is 0 Å². The summed E-state index contributed by atoms with van der Waals surface area (Å²) in [5.41, 5.74) is 17.0. The van der Waals surface area contributed by atoms with Gasteiger partial charge in [0.1, 0.15) is 0 Å². The monoisotopic (exact) mass is 375 g/mol. The van der Waals surface area contributed by atoms with E-state index in [0.717, 1.165) is 42.4 Å². The lowest BCUT2D eigenvalue weighted by Gasteiger charge is -2.11. The van der Waals surface area contributed by atoms with Crippen molar-refractivity contribution in [1.82, 2.24) is 5.32 Å². The first-order chi connectivity index (χ1) is 13.1. The van der Waals surface area contributed by atoms with Crippen molar-refractivity contribution in [1.29, 1.82) is 0 Å². The molecule has 0 heterocycles. The lowest BCUT2D eigenvalue weighted by atomic mass is 10.0. The molecular formula is C19H29N5O3. The molecule has 8 nitrogen and oxygen atoms in total. The van der Waals surface area contributed by atoms with Gasteiger partial charge in [0.05, 0.1) is 13.2 Å². The van der Waals surface area contributed by atoms with Gasteiger partial charge < -0.3 is 15.8 Å². The predicted molar refractivity (Wildman–Crippen MR) is 104 cm³/mol. The van der Waals surface area contributed by atoms with Gasteiger partial charge >= 0.3 is 5.97 Å². The van der Waals surface area contributed by atoms with Gasteiger partial charge in [0, 0.05) is 24.3 Å². The highest BCUT2D eigenvalue weighted by Crippen LogP contribution is 2.14. The van der Waals surface area contributed by atoms with Crippen LogP contribution in [0.1, 0.15) is 55.7 Å². The Balaban J connectivity index is 2.41. The van der Waals surface area contributed by atoms with E-state index >= 15 is 0 Å². The summed E-state index contributed by atoms with van der Waals surface area (Å²) in [4.78, 5) is 26.0. The van der Waals surface area contributed by atoms with Gasteiger partial charge in [-0.15, -0.1) is 0 Å². The summed E-state index contributed by atoms with van der Waals surface area (Å²) < 4.78 is 4.86. The van der Waals surface area contributed by atoms with Crippen molar-refractivity contribution in [3.05, 3.63) is 45.3 Å². The molecule has 0 aliphatic heterocycles. The average molecular weight is 375 g/mol. The molecule has 0 radical (unpaired) electrons. The van der Waals surface area contributed by atoms with E-state index in [1.807, 2.05) is 18.2 Å². The van der Waals surface area contributed by atoms with Crippen LogP contribution in [-0.2, 0) is 33.8 Å². The van der Waals surface area contributed by atoms with Crippen LogP contribution in [0.3, 0.4) is 0 Å². The zero-order valence-electron chi connectivity index (χ0n) is 15.9. The van der Waals surface area contributed by atoms with E-state index in [0.29, 0.717) is 32.5 Å². The number of amides is 1. The average Bonchev–Trinajstić information content (AvgIpc) is 2.65. The molecule has 0 aliphatic rings. The number of nitrogens with one attached hydrogen (secondary N) is 1. The number of carbonyl (C=O) groups excluding carboxylic acids is 2. The van der Waals surface area contributed by atoms with Crippen molar-refractivity contribution >= 4 is 11.9 Å². The molecule has 0 saturated heterocycles. The summed E-state index contributed by atoms with van der Waals surface area (Å²) in [6.07, 6.45) is 3.83. The minimum atomic E-state index is -0.187. The van der Waals surface area contributed by atoms with Crippen LogP contribution in [0.25, 0.3) is 10.4 Å². The van der Waals surface area contributed by atoms with Crippen molar-refractivity contribution in [2.75, 3.05) is 13.2 Å². The molecule has 0 aromatic heterocycles. The summed E-state index contributed by atoms with van der Waals surface area (Å²) in [5.74, 6) is -0.223. The van der Waals surface area contributed by atoms with Gasteiger partial charge in [-0.05, 0) is 55.0 Å². The zero-order chi connectivity index (χ0) is 19.9. The number of esters is 1. The first-order valence-electron chi connectivity index (χ1n) is 9.34. The molecule has 1 aromatic carbocycles. The van der Waals surface area contributed by atoms with Gasteiger partial charge in [0.2, 0.25) is 5.91 Å². The van der Waals surface area contributed by atoms with Crippen molar-refractivity contribution < 1.29 is 14.3 Å². The molecule has 0 atom stereocenters. The highest BCUT2D eigenvalue weighted by Gasteiger charge is 2.07. The Morgan fingerprint density at radius 3 is 2.70 bits per heavy atom. The largest absolute Gasteiger partial charge is 0.466 e. The molecule has 1 amide bonds. The van der Waals surface area contributed by atoms with Crippen molar-refractivity contribution in [3.63, 3.8) is 0 Å². The fourth-order valence-electron chi connectivity index (χ4n) is 2.68. The molecule has 0 saturated carbocycles. The summed E-state index contributed by atoms with van der Waals surface area (Å²) in [6.45, 7) is 3.37. The fourth-order valence-corrected chi connectivity index (χ4v) is 2.68. The number of azide groups is 1. The van der Waals surface area contributed by atoms with E-state index < -0.39 is 0 Å². The normalized spacial score (nSPS) is 10.1. The van der Waals surface area contributed by atoms with Crippen LogP contribution in [-0.4, -0.2) is 25.0 Å². The summed E-state index contributed by atoms with van der Waals surface area (Å²) in [6, 6.07) is 5.88. The predicted octanol–water partition coefficient (Wildman–Crippen LogP) is 3.13. The Kier molecular flexibility index (Phi) is 11.3. The highest BCUT2D eigenvalue weighted by molar-refractivity contribution is 5.75. The lowest BCUT2D eigenvalue weighted by Crippen LogP contribution is -2.23. The number of hydrogen-bond acceptors (Lipinski definition) is 5. The number of benzene rings is 1. The molecule has 148 valence electrons. The third-order valence-corrected chi connectivity index (χ3v) is 4.07. The molecule has 1 rings (SSSR count). The summed E-state index contributed by atoms with van der Waals surface area (Å²) in [7, 11) is 0. The third kappa shape index (κ3) is 9.63. The lowest BCUT2D eigenvalue weighted by molar-refractivity contribution is -0.143. The molecule has 1 aromatic rings. The number of ether oxygens (including phenoxy) is 1. The van der Waals surface area contributed by atoms with E-state index in [1.54, 1.807) is 6.92 Å². The number of nitrogens with zero attached hydrogens (tertiary/aromatic N) is 3. The van der Waals surface area contributed by atoms with Crippen LogP contribution >= 0.6 is 0 Å². The maximum atomic E-state index is 12.0. The number of carbonyl (C=O) groups is 2. The minimum absolute atomic E-state index is 0.0353. The Hall–Kier alpha value is -2.57. The summed E-state index contributed by atoms with van der Waals surface area (Å²) >= 11 is 0. The van der Waals surface area contributed by atoms with Crippen LogP contribution in [0.15, 0.2) is 23.3 Å². The van der Waals surface area contributed by atoms with E-state index in [-0.39, 0.29) is 18.4 Å². The molecule has 0 aliphatic carbocycles. The molecule has 8 heteroatoms. The Bertz CT molecular complexity index is 657. The number of hydrogen-bond donors (Lipinski definition) is 2. The van der Waals surface area contributed by atoms with Gasteiger partial charge in [-0.25, -0.2) is 0 Å². The topological polar surface area (TPSA) is 130 Å². The van der Waals surface area contributed by atoms with Crippen LogP contribution in [0.4, 0.5) is 0 Å². The number of rotatable bonds is 13. The Labute approximate surface area is 160 Å². The highest BCUT2D eigenvalue weighted by atomic mass is 16.5. The van der Waals surface area contributed by atoms with Crippen LogP contribution in [0.5, 0.6) is 0 Å². The number of nitrogens with two attached hydrogens (primary N) is 1. The SMILES string of the molecule is CCOC(=O)CCCCCC(=O)NCc1ccc(CCN)cc1CN=[N+]=[N-]. The third-order valence-electron chi connectivity index (χ3n) is 4.07. The van der Waals surface area contributed by atoms with Crippen LogP contribution < -0.4 is 11.1 Å². The van der Waals surface area contributed by atoms with Crippen molar-refractivity contribution in [2.45, 2.75) is 58.5 Å². The zero-order valence-corrected chi connectivity index (χ0v) is 15.9.